The van der Waals surface area contributed by atoms with Crippen molar-refractivity contribution < 1.29 is 13.9 Å². The second-order valence-electron chi connectivity index (χ2n) is 6.10. The Morgan fingerprint density at radius 3 is 2.71 bits per heavy atom. The minimum absolute atomic E-state index is 0.0969. The zero-order valence-electron chi connectivity index (χ0n) is 14.2. The first-order chi connectivity index (χ1) is 11.7. The molecule has 0 saturated carbocycles. The number of hydrogen-bond donors (Lipinski definition) is 1. The Morgan fingerprint density at radius 2 is 2.04 bits per heavy atom. The van der Waals surface area contributed by atoms with Crippen LogP contribution in [0.3, 0.4) is 0 Å². The number of amides is 1. The molecule has 0 aliphatic carbocycles. The number of rotatable bonds is 6. The van der Waals surface area contributed by atoms with E-state index in [1.165, 1.54) is 12.8 Å². The van der Waals surface area contributed by atoms with Gasteiger partial charge in [0.1, 0.15) is 11.5 Å². The predicted molar refractivity (Wildman–Crippen MR) is 92.3 cm³/mol. The summed E-state index contributed by atoms with van der Waals surface area (Å²) in [5.74, 6) is 1.41. The lowest BCUT2D eigenvalue weighted by atomic mass is 10.0. The second kappa shape index (κ2) is 7.53. The van der Waals surface area contributed by atoms with Crippen molar-refractivity contribution in [3.05, 3.63) is 53.5 Å². The Labute approximate surface area is 142 Å². The molecule has 2 heterocycles. The normalized spacial score (nSPS) is 16.1. The zero-order chi connectivity index (χ0) is 16.9. The van der Waals surface area contributed by atoms with Crippen LogP contribution in [0.15, 0.2) is 41.0 Å². The number of furan rings is 1. The minimum Gasteiger partial charge on any atom is -0.496 e. The topological polar surface area (TPSA) is 54.7 Å². The number of carbonyl (C=O) groups excluding carboxylic acids is 1. The third-order valence-corrected chi connectivity index (χ3v) is 4.64. The number of likely N-dealkylation sites (tertiary alicyclic amines) is 1. The van der Waals surface area contributed by atoms with E-state index in [2.05, 4.69) is 16.3 Å². The summed E-state index contributed by atoms with van der Waals surface area (Å²) in [6.07, 6.45) is 3.93. The molecule has 1 aliphatic rings. The fourth-order valence-corrected chi connectivity index (χ4v) is 3.34. The summed E-state index contributed by atoms with van der Waals surface area (Å²) in [5, 5.41) is 3.06. The Hall–Kier alpha value is -2.27. The van der Waals surface area contributed by atoms with E-state index in [0.29, 0.717) is 17.9 Å². The molecular weight excluding hydrogens is 304 g/mol. The van der Waals surface area contributed by atoms with E-state index in [-0.39, 0.29) is 11.9 Å². The molecule has 0 bridgehead atoms. The minimum atomic E-state index is -0.0969. The average Bonchev–Trinajstić information content (AvgIpc) is 3.27. The number of aryl methyl sites for hydroxylation is 1. The highest BCUT2D eigenvalue weighted by Gasteiger charge is 2.26. The van der Waals surface area contributed by atoms with E-state index in [1.807, 2.05) is 18.2 Å². The average molecular weight is 328 g/mol. The first-order valence-electron chi connectivity index (χ1n) is 8.40. The van der Waals surface area contributed by atoms with Crippen molar-refractivity contribution in [2.75, 3.05) is 26.7 Å². The summed E-state index contributed by atoms with van der Waals surface area (Å²) >= 11 is 0. The Kier molecular flexibility index (Phi) is 5.20. The summed E-state index contributed by atoms with van der Waals surface area (Å²) in [7, 11) is 1.69. The lowest BCUT2D eigenvalue weighted by molar-refractivity contribution is 0.0936. The van der Waals surface area contributed by atoms with Crippen LogP contribution in [-0.2, 0) is 0 Å². The third kappa shape index (κ3) is 3.46. The SMILES string of the molecule is COc1ccccc1C(CNC(=O)c1ccoc1C)N1CCCC1. The van der Waals surface area contributed by atoms with Crippen LogP contribution in [0, 0.1) is 6.92 Å². The molecule has 1 aromatic heterocycles. The number of ether oxygens (including phenoxy) is 1. The van der Waals surface area contributed by atoms with E-state index >= 15 is 0 Å². The summed E-state index contributed by atoms with van der Waals surface area (Å²) < 4.78 is 10.8. The van der Waals surface area contributed by atoms with Gasteiger partial charge in [0.05, 0.1) is 25.0 Å². The van der Waals surface area contributed by atoms with Crippen molar-refractivity contribution >= 4 is 5.91 Å². The van der Waals surface area contributed by atoms with Crippen molar-refractivity contribution in [2.24, 2.45) is 0 Å². The van der Waals surface area contributed by atoms with E-state index in [4.69, 9.17) is 9.15 Å². The zero-order valence-corrected chi connectivity index (χ0v) is 14.2. The standard InChI is InChI=1S/C19H24N2O3/c1-14-15(9-12-24-14)19(22)20-13-17(21-10-5-6-11-21)16-7-3-4-8-18(16)23-2/h3-4,7-9,12,17H,5-6,10-11,13H2,1-2H3,(H,20,22). The van der Waals surface area contributed by atoms with Crippen molar-refractivity contribution in [2.45, 2.75) is 25.8 Å². The monoisotopic (exact) mass is 328 g/mol. The van der Waals surface area contributed by atoms with Gasteiger partial charge in [0.25, 0.3) is 5.91 Å². The van der Waals surface area contributed by atoms with Crippen molar-refractivity contribution in [1.82, 2.24) is 10.2 Å². The molecule has 1 saturated heterocycles. The highest BCUT2D eigenvalue weighted by Crippen LogP contribution is 2.31. The largest absolute Gasteiger partial charge is 0.496 e. The van der Waals surface area contributed by atoms with Gasteiger partial charge in [-0.3, -0.25) is 9.69 Å². The fourth-order valence-electron chi connectivity index (χ4n) is 3.34. The Balaban J connectivity index is 1.78. The third-order valence-electron chi connectivity index (χ3n) is 4.64. The molecule has 2 aromatic rings. The smallest absolute Gasteiger partial charge is 0.254 e. The van der Waals surface area contributed by atoms with Crippen molar-refractivity contribution in [1.29, 1.82) is 0 Å². The number of carbonyl (C=O) groups is 1. The van der Waals surface area contributed by atoms with Gasteiger partial charge in [0.15, 0.2) is 0 Å². The van der Waals surface area contributed by atoms with Gasteiger partial charge in [-0.2, -0.15) is 0 Å². The van der Waals surface area contributed by atoms with Crippen LogP contribution in [0.25, 0.3) is 0 Å². The molecule has 5 heteroatoms. The maximum Gasteiger partial charge on any atom is 0.254 e. The first-order valence-corrected chi connectivity index (χ1v) is 8.40. The first kappa shape index (κ1) is 16.6. The van der Waals surface area contributed by atoms with Gasteiger partial charge in [-0.15, -0.1) is 0 Å². The van der Waals surface area contributed by atoms with Crippen molar-refractivity contribution in [3.8, 4) is 5.75 Å². The lowest BCUT2D eigenvalue weighted by Gasteiger charge is -2.29. The Morgan fingerprint density at radius 1 is 1.29 bits per heavy atom. The van der Waals surface area contributed by atoms with Gasteiger partial charge < -0.3 is 14.5 Å². The van der Waals surface area contributed by atoms with Crippen LogP contribution in [0.1, 0.15) is 40.6 Å². The highest BCUT2D eigenvalue weighted by molar-refractivity contribution is 5.95. The van der Waals surface area contributed by atoms with E-state index in [9.17, 15) is 4.79 Å². The van der Waals surface area contributed by atoms with Crippen LogP contribution in [0.2, 0.25) is 0 Å². The van der Waals surface area contributed by atoms with Gasteiger partial charge in [-0.1, -0.05) is 18.2 Å². The number of benzene rings is 1. The van der Waals surface area contributed by atoms with Crippen LogP contribution in [0.5, 0.6) is 5.75 Å². The second-order valence-corrected chi connectivity index (χ2v) is 6.10. The summed E-state index contributed by atoms with van der Waals surface area (Å²) in [5.41, 5.74) is 1.71. The molecule has 1 fully saturated rings. The van der Waals surface area contributed by atoms with Gasteiger partial charge in [-0.25, -0.2) is 0 Å². The van der Waals surface area contributed by atoms with Crippen LogP contribution in [-0.4, -0.2) is 37.6 Å². The molecule has 0 spiro atoms. The van der Waals surface area contributed by atoms with Gasteiger partial charge in [0, 0.05) is 12.1 Å². The quantitative estimate of drug-likeness (QED) is 0.885. The van der Waals surface area contributed by atoms with Crippen LogP contribution < -0.4 is 10.1 Å². The Bertz CT molecular complexity index is 689. The van der Waals surface area contributed by atoms with Crippen molar-refractivity contribution in [3.63, 3.8) is 0 Å². The molecule has 128 valence electrons. The number of para-hydroxylation sites is 1. The molecule has 24 heavy (non-hydrogen) atoms. The molecular formula is C19H24N2O3. The number of nitrogens with zero attached hydrogens (tertiary/aromatic N) is 1. The molecule has 0 radical (unpaired) electrons. The maximum absolute atomic E-state index is 12.4. The van der Waals surface area contributed by atoms with Crippen LogP contribution >= 0.6 is 0 Å². The van der Waals surface area contributed by atoms with E-state index in [0.717, 1.165) is 24.4 Å². The number of nitrogens with one attached hydrogen (secondary N) is 1. The number of methoxy groups -OCH3 is 1. The molecule has 1 N–H and O–H groups in total. The number of hydrogen-bond acceptors (Lipinski definition) is 4. The molecule has 1 aliphatic heterocycles. The predicted octanol–water partition coefficient (Wildman–Crippen LogP) is 3.16. The molecule has 3 rings (SSSR count). The van der Waals surface area contributed by atoms with Gasteiger partial charge in [-0.05, 0) is 45.0 Å². The summed E-state index contributed by atoms with van der Waals surface area (Å²) in [6.45, 7) is 4.43. The molecule has 1 aromatic carbocycles. The molecule has 1 amide bonds. The molecule has 5 nitrogen and oxygen atoms in total. The fraction of sp³-hybridized carbons (Fsp3) is 0.421. The van der Waals surface area contributed by atoms with Crippen LogP contribution in [0.4, 0.5) is 0 Å². The van der Waals surface area contributed by atoms with Gasteiger partial charge in [0.2, 0.25) is 0 Å². The molecule has 1 unspecified atom stereocenters. The summed E-state index contributed by atoms with van der Waals surface area (Å²) in [4.78, 5) is 14.8. The molecule has 1 atom stereocenters. The van der Waals surface area contributed by atoms with E-state index in [1.54, 1.807) is 26.4 Å². The maximum atomic E-state index is 12.4. The van der Waals surface area contributed by atoms with Gasteiger partial charge >= 0.3 is 0 Å². The lowest BCUT2D eigenvalue weighted by Crippen LogP contribution is -2.37. The highest BCUT2D eigenvalue weighted by atomic mass is 16.5. The summed E-state index contributed by atoms with van der Waals surface area (Å²) in [6, 6.07) is 9.86. The van der Waals surface area contributed by atoms with E-state index < -0.39 is 0 Å².